The fourth-order valence-electron chi connectivity index (χ4n) is 1.21. The van der Waals surface area contributed by atoms with E-state index in [0.717, 1.165) is 19.3 Å². The zero-order valence-corrected chi connectivity index (χ0v) is 9.70. The van der Waals surface area contributed by atoms with Crippen LogP contribution in [0.2, 0.25) is 0 Å². The molecular weight excluding hydrogens is 194 g/mol. The molecule has 0 bridgehead atoms. The molecule has 0 heterocycles. The fourth-order valence-corrected chi connectivity index (χ4v) is 1.21. The van der Waals surface area contributed by atoms with E-state index in [2.05, 4.69) is 5.32 Å². The second-order valence-corrected chi connectivity index (χ2v) is 4.17. The Morgan fingerprint density at radius 2 is 1.80 bits per heavy atom. The van der Waals surface area contributed by atoms with Crippen LogP contribution in [0.3, 0.4) is 0 Å². The average molecular weight is 217 g/mol. The predicted molar refractivity (Wildman–Crippen MR) is 59.4 cm³/mol. The third-order valence-electron chi connectivity index (χ3n) is 2.38. The maximum atomic E-state index is 11.2. The standard InChI is InChI=1S/C11H23NO3/c1-9(2)11(15)12-6-4-3-5-10(7-13)8-14/h9-10,13-14H,3-8H2,1-2H3,(H,12,15). The van der Waals surface area contributed by atoms with Crippen molar-refractivity contribution >= 4 is 5.91 Å². The first kappa shape index (κ1) is 14.4. The lowest BCUT2D eigenvalue weighted by atomic mass is 10.0. The molecule has 0 aromatic heterocycles. The molecule has 4 nitrogen and oxygen atoms in total. The minimum Gasteiger partial charge on any atom is -0.396 e. The second-order valence-electron chi connectivity index (χ2n) is 4.17. The van der Waals surface area contributed by atoms with E-state index in [4.69, 9.17) is 10.2 Å². The molecule has 90 valence electrons. The Bertz CT molecular complexity index is 167. The Morgan fingerprint density at radius 1 is 1.20 bits per heavy atom. The normalized spacial score (nSPS) is 11.1. The number of carbonyl (C=O) groups excluding carboxylic acids is 1. The first-order valence-corrected chi connectivity index (χ1v) is 5.61. The lowest BCUT2D eigenvalue weighted by Crippen LogP contribution is -2.28. The van der Waals surface area contributed by atoms with Crippen molar-refractivity contribution in [1.29, 1.82) is 0 Å². The minimum atomic E-state index is -0.00852. The van der Waals surface area contributed by atoms with E-state index in [9.17, 15) is 4.79 Å². The van der Waals surface area contributed by atoms with Crippen LogP contribution in [0.15, 0.2) is 0 Å². The van der Waals surface area contributed by atoms with Gasteiger partial charge in [-0.25, -0.2) is 0 Å². The second kappa shape index (κ2) is 8.68. The highest BCUT2D eigenvalue weighted by molar-refractivity contribution is 5.77. The molecule has 0 atom stereocenters. The van der Waals surface area contributed by atoms with Crippen LogP contribution in [-0.4, -0.2) is 35.9 Å². The van der Waals surface area contributed by atoms with Crippen LogP contribution in [0.5, 0.6) is 0 Å². The van der Waals surface area contributed by atoms with Crippen molar-refractivity contribution in [1.82, 2.24) is 5.32 Å². The third-order valence-corrected chi connectivity index (χ3v) is 2.38. The highest BCUT2D eigenvalue weighted by atomic mass is 16.3. The number of carbonyl (C=O) groups is 1. The Morgan fingerprint density at radius 3 is 2.27 bits per heavy atom. The highest BCUT2D eigenvalue weighted by Gasteiger charge is 2.06. The maximum Gasteiger partial charge on any atom is 0.222 e. The molecule has 3 N–H and O–H groups in total. The zero-order chi connectivity index (χ0) is 11.7. The number of hydrogen-bond acceptors (Lipinski definition) is 3. The molecule has 0 saturated heterocycles. The molecule has 0 radical (unpaired) electrons. The Kier molecular flexibility index (Phi) is 8.33. The van der Waals surface area contributed by atoms with Crippen LogP contribution < -0.4 is 5.32 Å². The Labute approximate surface area is 91.7 Å². The Hall–Kier alpha value is -0.610. The first-order valence-electron chi connectivity index (χ1n) is 5.61. The van der Waals surface area contributed by atoms with Gasteiger partial charge in [0.1, 0.15) is 0 Å². The molecular formula is C11H23NO3. The highest BCUT2D eigenvalue weighted by Crippen LogP contribution is 2.06. The van der Waals surface area contributed by atoms with Crippen LogP contribution >= 0.6 is 0 Å². The molecule has 4 heteroatoms. The summed E-state index contributed by atoms with van der Waals surface area (Å²) in [6.07, 6.45) is 2.63. The van der Waals surface area contributed by atoms with Gasteiger partial charge in [0.15, 0.2) is 0 Å². The Balaban J connectivity index is 3.35. The van der Waals surface area contributed by atoms with Crippen LogP contribution in [0.4, 0.5) is 0 Å². The van der Waals surface area contributed by atoms with Gasteiger partial charge in [0.05, 0.1) is 0 Å². The summed E-state index contributed by atoms with van der Waals surface area (Å²) in [6, 6.07) is 0. The van der Waals surface area contributed by atoms with Gasteiger partial charge in [-0.3, -0.25) is 4.79 Å². The topological polar surface area (TPSA) is 69.6 Å². The van der Waals surface area contributed by atoms with E-state index in [1.54, 1.807) is 0 Å². The van der Waals surface area contributed by atoms with Crippen LogP contribution in [0, 0.1) is 11.8 Å². The monoisotopic (exact) mass is 217 g/mol. The van der Waals surface area contributed by atoms with E-state index in [1.807, 2.05) is 13.8 Å². The molecule has 0 fully saturated rings. The summed E-state index contributed by atoms with van der Waals surface area (Å²) in [4.78, 5) is 11.2. The summed E-state index contributed by atoms with van der Waals surface area (Å²) in [5.74, 6) is 0.106. The van der Waals surface area contributed by atoms with Gasteiger partial charge in [-0.1, -0.05) is 20.3 Å². The van der Waals surface area contributed by atoms with Crippen LogP contribution in [-0.2, 0) is 4.79 Å². The molecule has 15 heavy (non-hydrogen) atoms. The van der Waals surface area contributed by atoms with Gasteiger partial charge in [-0.2, -0.15) is 0 Å². The third kappa shape index (κ3) is 7.33. The van der Waals surface area contributed by atoms with Crippen molar-refractivity contribution in [2.24, 2.45) is 11.8 Å². The van der Waals surface area contributed by atoms with E-state index >= 15 is 0 Å². The summed E-state index contributed by atoms with van der Waals surface area (Å²) in [5.41, 5.74) is 0. The molecule has 0 rings (SSSR count). The van der Waals surface area contributed by atoms with Gasteiger partial charge in [0.2, 0.25) is 5.91 Å². The molecule has 0 saturated carbocycles. The number of amides is 1. The molecule has 0 aliphatic carbocycles. The number of aliphatic hydroxyl groups excluding tert-OH is 2. The largest absolute Gasteiger partial charge is 0.396 e. The molecule has 0 aromatic carbocycles. The van der Waals surface area contributed by atoms with E-state index in [1.165, 1.54) is 0 Å². The summed E-state index contributed by atoms with van der Waals surface area (Å²) in [5, 5.41) is 20.5. The number of unbranched alkanes of at least 4 members (excludes halogenated alkanes) is 1. The summed E-state index contributed by atoms with van der Waals surface area (Å²) < 4.78 is 0. The molecule has 1 amide bonds. The van der Waals surface area contributed by atoms with E-state index < -0.39 is 0 Å². The number of rotatable bonds is 8. The van der Waals surface area contributed by atoms with Gasteiger partial charge in [-0.05, 0) is 12.8 Å². The van der Waals surface area contributed by atoms with Crippen molar-refractivity contribution in [2.45, 2.75) is 33.1 Å². The van der Waals surface area contributed by atoms with Crippen molar-refractivity contribution in [3.05, 3.63) is 0 Å². The van der Waals surface area contributed by atoms with Gasteiger partial charge in [0, 0.05) is 31.6 Å². The zero-order valence-electron chi connectivity index (χ0n) is 9.70. The number of aliphatic hydroxyl groups is 2. The van der Waals surface area contributed by atoms with Crippen molar-refractivity contribution in [3.63, 3.8) is 0 Å². The quantitative estimate of drug-likeness (QED) is 0.519. The van der Waals surface area contributed by atoms with Gasteiger partial charge < -0.3 is 15.5 Å². The molecule has 0 aliphatic rings. The van der Waals surface area contributed by atoms with Gasteiger partial charge >= 0.3 is 0 Å². The fraction of sp³-hybridized carbons (Fsp3) is 0.909. The predicted octanol–water partition coefficient (Wildman–Crippen LogP) is 0.530. The van der Waals surface area contributed by atoms with E-state index in [-0.39, 0.29) is 31.0 Å². The van der Waals surface area contributed by atoms with Crippen LogP contribution in [0.25, 0.3) is 0 Å². The number of hydrogen-bond donors (Lipinski definition) is 3. The smallest absolute Gasteiger partial charge is 0.222 e. The lowest BCUT2D eigenvalue weighted by Gasteiger charge is -2.11. The maximum absolute atomic E-state index is 11.2. The summed E-state index contributed by atoms with van der Waals surface area (Å²) in [7, 11) is 0. The van der Waals surface area contributed by atoms with Gasteiger partial charge in [0.25, 0.3) is 0 Å². The molecule has 0 aromatic rings. The SMILES string of the molecule is CC(C)C(=O)NCCCCC(CO)CO. The minimum absolute atomic E-state index is 0.00852. The number of nitrogens with one attached hydrogen (secondary N) is 1. The van der Waals surface area contributed by atoms with Crippen LogP contribution in [0.1, 0.15) is 33.1 Å². The average Bonchev–Trinajstić information content (AvgIpc) is 2.23. The molecule has 0 unspecified atom stereocenters. The summed E-state index contributed by atoms with van der Waals surface area (Å²) in [6.45, 7) is 4.48. The molecule has 0 spiro atoms. The van der Waals surface area contributed by atoms with Crippen molar-refractivity contribution < 1.29 is 15.0 Å². The lowest BCUT2D eigenvalue weighted by molar-refractivity contribution is -0.123. The first-order chi connectivity index (χ1) is 7.11. The van der Waals surface area contributed by atoms with Crippen molar-refractivity contribution in [3.8, 4) is 0 Å². The molecule has 0 aliphatic heterocycles. The van der Waals surface area contributed by atoms with Crippen molar-refractivity contribution in [2.75, 3.05) is 19.8 Å². The summed E-state index contributed by atoms with van der Waals surface area (Å²) >= 11 is 0. The van der Waals surface area contributed by atoms with E-state index in [0.29, 0.717) is 6.54 Å². The van der Waals surface area contributed by atoms with Gasteiger partial charge in [-0.15, -0.1) is 0 Å².